The number of nitrogens with one attached hydrogen (secondary N) is 1. The molecule has 0 aliphatic rings. The van der Waals surface area contributed by atoms with Gasteiger partial charge in [0.25, 0.3) is 5.91 Å². The van der Waals surface area contributed by atoms with Crippen LogP contribution in [0.5, 0.6) is 5.75 Å². The first-order valence-electron chi connectivity index (χ1n) is 5.32. The Morgan fingerprint density at radius 3 is 2.65 bits per heavy atom. The monoisotopic (exact) mass is 286 g/mol. The minimum atomic E-state index is -1.68. The van der Waals surface area contributed by atoms with Crippen LogP contribution in [-0.4, -0.2) is 41.7 Å². The van der Waals surface area contributed by atoms with Crippen LogP contribution in [0.15, 0.2) is 18.2 Å². The molecule has 0 fully saturated rings. The Morgan fingerprint density at radius 2 is 2.20 bits per heavy atom. The van der Waals surface area contributed by atoms with Gasteiger partial charge < -0.3 is 15.2 Å². The molecule has 1 aromatic rings. The van der Waals surface area contributed by atoms with E-state index in [0.717, 1.165) is 18.2 Å². The van der Waals surface area contributed by atoms with Crippen LogP contribution in [0.3, 0.4) is 0 Å². The summed E-state index contributed by atoms with van der Waals surface area (Å²) in [5.41, 5.74) is -0.420. The third kappa shape index (κ3) is 3.40. The summed E-state index contributed by atoms with van der Waals surface area (Å²) in [4.78, 5) is 32.3. The highest BCUT2D eigenvalue weighted by Crippen LogP contribution is 2.27. The number of hydrogen-bond donors (Lipinski definition) is 2. The Bertz CT molecular complexity index is 548. The van der Waals surface area contributed by atoms with Crippen molar-refractivity contribution in [2.75, 3.05) is 13.8 Å². The van der Waals surface area contributed by atoms with Crippen molar-refractivity contribution in [1.82, 2.24) is 5.32 Å². The zero-order chi connectivity index (χ0) is 15.3. The molecule has 1 rings (SSSR count). The molecule has 1 aromatic carbocycles. The van der Waals surface area contributed by atoms with Gasteiger partial charge in [0, 0.05) is 17.7 Å². The van der Waals surface area contributed by atoms with E-state index in [1.165, 1.54) is 7.11 Å². The fraction of sp³-hybridized carbons (Fsp3) is 0.273. The molecule has 0 saturated carbocycles. The molecule has 108 valence electrons. The SMILES string of the molecule is COc1cc(C(=O)NC(CF)C(=O)O)ccc1[N+](=O)[O-]. The molecule has 1 unspecified atom stereocenters. The first kappa shape index (κ1) is 15.3. The lowest BCUT2D eigenvalue weighted by Gasteiger charge is -2.11. The predicted molar refractivity (Wildman–Crippen MR) is 64.5 cm³/mol. The highest BCUT2D eigenvalue weighted by Gasteiger charge is 2.22. The van der Waals surface area contributed by atoms with Crippen LogP contribution in [0.1, 0.15) is 10.4 Å². The quantitative estimate of drug-likeness (QED) is 0.588. The number of hydrogen-bond acceptors (Lipinski definition) is 5. The summed E-state index contributed by atoms with van der Waals surface area (Å²) in [5, 5.41) is 21.2. The number of rotatable bonds is 6. The van der Waals surface area contributed by atoms with Gasteiger partial charge in [-0.3, -0.25) is 14.9 Å². The molecule has 20 heavy (non-hydrogen) atoms. The largest absolute Gasteiger partial charge is 0.490 e. The second-order valence-electron chi connectivity index (χ2n) is 3.66. The van der Waals surface area contributed by atoms with Crippen LogP contribution in [-0.2, 0) is 4.79 Å². The molecular weight excluding hydrogens is 275 g/mol. The molecule has 8 nitrogen and oxygen atoms in total. The number of ether oxygens (including phenoxy) is 1. The van der Waals surface area contributed by atoms with Crippen molar-refractivity contribution in [1.29, 1.82) is 0 Å². The first-order chi connectivity index (χ1) is 9.40. The van der Waals surface area contributed by atoms with E-state index in [2.05, 4.69) is 0 Å². The van der Waals surface area contributed by atoms with E-state index >= 15 is 0 Å². The Kier molecular flexibility index (Phi) is 4.95. The molecule has 2 N–H and O–H groups in total. The number of carboxylic acid groups (broad SMARTS) is 1. The fourth-order valence-corrected chi connectivity index (χ4v) is 1.38. The summed E-state index contributed by atoms with van der Waals surface area (Å²) < 4.78 is 17.2. The van der Waals surface area contributed by atoms with Gasteiger partial charge in [-0.05, 0) is 6.07 Å². The number of carboxylic acids is 1. The van der Waals surface area contributed by atoms with E-state index in [-0.39, 0.29) is 17.0 Å². The molecule has 9 heteroatoms. The summed E-state index contributed by atoms with van der Waals surface area (Å²) in [6.45, 7) is -1.27. The fourth-order valence-electron chi connectivity index (χ4n) is 1.38. The molecule has 1 amide bonds. The lowest BCUT2D eigenvalue weighted by Crippen LogP contribution is -2.42. The van der Waals surface area contributed by atoms with Gasteiger partial charge in [-0.25, -0.2) is 9.18 Å². The smallest absolute Gasteiger partial charge is 0.328 e. The number of nitrogens with zero attached hydrogens (tertiary/aromatic N) is 1. The summed E-state index contributed by atoms with van der Waals surface area (Å²) in [6, 6.07) is 1.56. The number of carbonyl (C=O) groups is 2. The lowest BCUT2D eigenvalue weighted by atomic mass is 10.1. The number of aliphatic carboxylic acids is 1. The van der Waals surface area contributed by atoms with E-state index in [4.69, 9.17) is 9.84 Å². The number of nitro groups is 1. The number of benzene rings is 1. The van der Waals surface area contributed by atoms with E-state index in [0.29, 0.717) is 0 Å². The average molecular weight is 286 g/mol. The zero-order valence-electron chi connectivity index (χ0n) is 10.3. The van der Waals surface area contributed by atoms with Gasteiger partial charge in [0.05, 0.1) is 12.0 Å². The summed E-state index contributed by atoms with van der Waals surface area (Å²) in [5.74, 6) is -2.55. The third-order valence-corrected chi connectivity index (χ3v) is 2.40. The number of nitro benzene ring substituents is 1. The molecule has 0 radical (unpaired) electrons. The number of halogens is 1. The molecule has 1 atom stereocenters. The molecule has 0 spiro atoms. The minimum absolute atomic E-state index is 0.0767. The van der Waals surface area contributed by atoms with Crippen molar-refractivity contribution in [2.45, 2.75) is 6.04 Å². The van der Waals surface area contributed by atoms with Gasteiger partial charge in [-0.15, -0.1) is 0 Å². The van der Waals surface area contributed by atoms with Gasteiger partial charge in [0.1, 0.15) is 6.67 Å². The van der Waals surface area contributed by atoms with Crippen molar-refractivity contribution >= 4 is 17.6 Å². The van der Waals surface area contributed by atoms with Gasteiger partial charge >= 0.3 is 11.7 Å². The van der Waals surface area contributed by atoms with Crippen LogP contribution in [0.4, 0.5) is 10.1 Å². The van der Waals surface area contributed by atoms with Crippen LogP contribution < -0.4 is 10.1 Å². The minimum Gasteiger partial charge on any atom is -0.490 e. The topological polar surface area (TPSA) is 119 Å². The van der Waals surface area contributed by atoms with Crippen LogP contribution in [0.2, 0.25) is 0 Å². The predicted octanol–water partition coefficient (Wildman–Crippen LogP) is 0.756. The maximum atomic E-state index is 12.4. The first-order valence-corrected chi connectivity index (χ1v) is 5.32. The maximum absolute atomic E-state index is 12.4. The molecule has 0 saturated heterocycles. The molecule has 0 bridgehead atoms. The van der Waals surface area contributed by atoms with Gasteiger partial charge in [-0.1, -0.05) is 0 Å². The van der Waals surface area contributed by atoms with E-state index in [1.54, 1.807) is 0 Å². The standard InChI is InChI=1S/C11H11FN2O6/c1-20-9-4-6(2-3-8(9)14(18)19)10(15)13-7(5-12)11(16)17/h2-4,7H,5H2,1H3,(H,13,15)(H,16,17). The second-order valence-corrected chi connectivity index (χ2v) is 3.66. The molecule has 0 heterocycles. The molecule has 0 aliphatic heterocycles. The van der Waals surface area contributed by atoms with E-state index in [1.807, 2.05) is 5.32 Å². The molecular formula is C11H11FN2O6. The lowest BCUT2D eigenvalue weighted by molar-refractivity contribution is -0.385. The van der Waals surface area contributed by atoms with Crippen molar-refractivity contribution in [3.8, 4) is 5.75 Å². The average Bonchev–Trinajstić information content (AvgIpc) is 2.43. The Labute approximate surface area is 112 Å². The normalized spacial score (nSPS) is 11.5. The Hall–Kier alpha value is -2.71. The van der Waals surface area contributed by atoms with Gasteiger partial charge in [0.15, 0.2) is 11.8 Å². The number of amides is 1. The van der Waals surface area contributed by atoms with Gasteiger partial charge in [-0.2, -0.15) is 0 Å². The molecule has 0 aliphatic carbocycles. The summed E-state index contributed by atoms with van der Waals surface area (Å²) >= 11 is 0. The van der Waals surface area contributed by atoms with Crippen molar-refractivity contribution in [2.24, 2.45) is 0 Å². The van der Waals surface area contributed by atoms with Crippen molar-refractivity contribution in [3.63, 3.8) is 0 Å². The van der Waals surface area contributed by atoms with Crippen LogP contribution in [0, 0.1) is 10.1 Å². The zero-order valence-corrected chi connectivity index (χ0v) is 10.3. The Morgan fingerprint density at radius 1 is 1.55 bits per heavy atom. The number of methoxy groups -OCH3 is 1. The summed E-state index contributed by atoms with van der Waals surface area (Å²) in [7, 11) is 1.19. The third-order valence-electron chi connectivity index (χ3n) is 2.40. The van der Waals surface area contributed by atoms with E-state index in [9.17, 15) is 24.1 Å². The van der Waals surface area contributed by atoms with Crippen molar-refractivity contribution in [3.05, 3.63) is 33.9 Å². The van der Waals surface area contributed by atoms with E-state index < -0.39 is 29.5 Å². The van der Waals surface area contributed by atoms with Crippen LogP contribution >= 0.6 is 0 Å². The number of alkyl halides is 1. The Balaban J connectivity index is 3.00. The summed E-state index contributed by atoms with van der Waals surface area (Å²) in [6.07, 6.45) is 0. The number of carbonyl (C=O) groups excluding carboxylic acids is 1. The highest BCUT2D eigenvalue weighted by molar-refractivity contribution is 5.97. The maximum Gasteiger partial charge on any atom is 0.328 e. The molecule has 0 aromatic heterocycles. The van der Waals surface area contributed by atoms with Crippen molar-refractivity contribution < 1.29 is 28.7 Å². The second kappa shape index (κ2) is 6.45. The van der Waals surface area contributed by atoms with Crippen LogP contribution in [0.25, 0.3) is 0 Å². The highest BCUT2D eigenvalue weighted by atomic mass is 19.1. The van der Waals surface area contributed by atoms with Gasteiger partial charge in [0.2, 0.25) is 0 Å².